The molecule has 0 fully saturated rings. The van der Waals surface area contributed by atoms with E-state index in [0.29, 0.717) is 6.04 Å². The average Bonchev–Trinajstić information content (AvgIpc) is 2.39. The van der Waals surface area contributed by atoms with Crippen molar-refractivity contribution in [2.24, 2.45) is 0 Å². The van der Waals surface area contributed by atoms with Crippen LogP contribution in [0.15, 0.2) is 30.3 Å². The Kier molecular flexibility index (Phi) is 4.38. The third-order valence-corrected chi connectivity index (χ3v) is 3.41. The predicted octanol–water partition coefficient (Wildman–Crippen LogP) is 3.19. The average molecular weight is 257 g/mol. The molecule has 1 heterocycles. The lowest BCUT2D eigenvalue weighted by atomic mass is 10.1. The van der Waals surface area contributed by atoms with Gasteiger partial charge in [-0.1, -0.05) is 18.2 Å². The third-order valence-electron chi connectivity index (χ3n) is 3.41. The Morgan fingerprint density at radius 3 is 2.63 bits per heavy atom. The number of anilines is 1. The molecular weight excluding hydrogens is 234 g/mol. The van der Waals surface area contributed by atoms with Crippen molar-refractivity contribution in [2.75, 3.05) is 18.5 Å². The fourth-order valence-electron chi connectivity index (χ4n) is 2.51. The fourth-order valence-corrected chi connectivity index (χ4v) is 2.51. The number of hydrogen-bond donors (Lipinski definition) is 1. The van der Waals surface area contributed by atoms with Gasteiger partial charge < -0.3 is 10.2 Å². The summed E-state index contributed by atoms with van der Waals surface area (Å²) in [6.45, 7) is 8.43. The van der Waals surface area contributed by atoms with Crippen LogP contribution in [0.5, 0.6) is 0 Å². The van der Waals surface area contributed by atoms with Crippen molar-refractivity contribution < 1.29 is 0 Å². The van der Waals surface area contributed by atoms with Gasteiger partial charge in [-0.05, 0) is 45.5 Å². The molecule has 0 radical (unpaired) electrons. The smallest absolute Gasteiger partial charge is 0.129 e. The molecule has 3 heteroatoms. The molecule has 3 nitrogen and oxygen atoms in total. The van der Waals surface area contributed by atoms with Crippen LogP contribution in [0.1, 0.15) is 26.3 Å². The molecule has 0 spiro atoms. The SMILES string of the molecule is CCN(c1cc(CNC)c2ccccc2n1)C(C)C. The molecule has 0 atom stereocenters. The maximum Gasteiger partial charge on any atom is 0.129 e. The second-order valence-corrected chi connectivity index (χ2v) is 5.07. The number of pyridine rings is 1. The van der Waals surface area contributed by atoms with Crippen LogP contribution in [0.2, 0.25) is 0 Å². The van der Waals surface area contributed by atoms with Crippen molar-refractivity contribution in [3.05, 3.63) is 35.9 Å². The molecule has 0 saturated heterocycles. The minimum atomic E-state index is 0.459. The molecule has 2 rings (SSSR count). The minimum Gasteiger partial charge on any atom is -0.354 e. The van der Waals surface area contributed by atoms with E-state index < -0.39 is 0 Å². The highest BCUT2D eigenvalue weighted by Crippen LogP contribution is 2.24. The quantitative estimate of drug-likeness (QED) is 0.891. The van der Waals surface area contributed by atoms with E-state index in [2.05, 4.69) is 55.3 Å². The zero-order valence-corrected chi connectivity index (χ0v) is 12.3. The van der Waals surface area contributed by atoms with Crippen LogP contribution in [0.3, 0.4) is 0 Å². The molecule has 1 N–H and O–H groups in total. The van der Waals surface area contributed by atoms with Gasteiger partial charge in [-0.15, -0.1) is 0 Å². The summed E-state index contributed by atoms with van der Waals surface area (Å²) < 4.78 is 0. The van der Waals surface area contributed by atoms with E-state index in [0.717, 1.165) is 24.4 Å². The molecule has 2 aromatic rings. The van der Waals surface area contributed by atoms with Crippen LogP contribution < -0.4 is 10.2 Å². The molecule has 0 amide bonds. The van der Waals surface area contributed by atoms with E-state index >= 15 is 0 Å². The summed E-state index contributed by atoms with van der Waals surface area (Å²) in [4.78, 5) is 7.13. The lowest BCUT2D eigenvalue weighted by Crippen LogP contribution is -2.31. The highest BCUT2D eigenvalue weighted by molar-refractivity contribution is 5.84. The maximum absolute atomic E-state index is 4.81. The van der Waals surface area contributed by atoms with Crippen molar-refractivity contribution in [3.8, 4) is 0 Å². The topological polar surface area (TPSA) is 28.2 Å². The Morgan fingerprint density at radius 2 is 2.00 bits per heavy atom. The number of nitrogens with one attached hydrogen (secondary N) is 1. The van der Waals surface area contributed by atoms with Crippen molar-refractivity contribution in [2.45, 2.75) is 33.4 Å². The van der Waals surface area contributed by atoms with Gasteiger partial charge in [-0.2, -0.15) is 0 Å². The van der Waals surface area contributed by atoms with Crippen LogP contribution in [-0.4, -0.2) is 24.6 Å². The summed E-state index contributed by atoms with van der Waals surface area (Å²) in [7, 11) is 1.98. The number of benzene rings is 1. The maximum atomic E-state index is 4.81. The van der Waals surface area contributed by atoms with Gasteiger partial charge in [0.25, 0.3) is 0 Å². The Balaban J connectivity index is 2.57. The molecule has 0 aliphatic heterocycles. The monoisotopic (exact) mass is 257 g/mol. The summed E-state index contributed by atoms with van der Waals surface area (Å²) in [5.74, 6) is 1.07. The lowest BCUT2D eigenvalue weighted by molar-refractivity contribution is 0.693. The Bertz CT molecular complexity index is 549. The molecular formula is C16H23N3. The van der Waals surface area contributed by atoms with E-state index in [4.69, 9.17) is 4.98 Å². The Morgan fingerprint density at radius 1 is 1.26 bits per heavy atom. The number of aromatic nitrogens is 1. The first-order valence-corrected chi connectivity index (χ1v) is 6.97. The summed E-state index contributed by atoms with van der Waals surface area (Å²) in [6.07, 6.45) is 0. The molecule has 102 valence electrons. The van der Waals surface area contributed by atoms with Gasteiger partial charge in [-0.25, -0.2) is 4.98 Å². The second-order valence-electron chi connectivity index (χ2n) is 5.07. The van der Waals surface area contributed by atoms with E-state index in [-0.39, 0.29) is 0 Å². The first-order valence-electron chi connectivity index (χ1n) is 6.97. The summed E-state index contributed by atoms with van der Waals surface area (Å²) in [6, 6.07) is 11.0. The fraction of sp³-hybridized carbons (Fsp3) is 0.438. The zero-order valence-electron chi connectivity index (χ0n) is 12.3. The third kappa shape index (κ3) is 2.87. The number of para-hydroxylation sites is 1. The number of nitrogens with zero attached hydrogens (tertiary/aromatic N) is 2. The molecule has 1 aromatic carbocycles. The Labute approximate surface area is 115 Å². The van der Waals surface area contributed by atoms with Gasteiger partial charge in [0.1, 0.15) is 5.82 Å². The van der Waals surface area contributed by atoms with Gasteiger partial charge in [0.05, 0.1) is 5.52 Å². The Hall–Kier alpha value is -1.61. The molecule has 19 heavy (non-hydrogen) atoms. The number of hydrogen-bond acceptors (Lipinski definition) is 3. The summed E-state index contributed by atoms with van der Waals surface area (Å²) in [5, 5.41) is 4.48. The number of fused-ring (bicyclic) bond motifs is 1. The standard InChI is InChI=1S/C16H23N3/c1-5-19(12(2)3)16-10-13(11-17-4)14-8-6-7-9-15(14)18-16/h6-10,12,17H,5,11H2,1-4H3. The molecule has 0 unspecified atom stereocenters. The van der Waals surface area contributed by atoms with E-state index in [1.165, 1.54) is 10.9 Å². The highest BCUT2D eigenvalue weighted by Gasteiger charge is 2.12. The largest absolute Gasteiger partial charge is 0.354 e. The van der Waals surface area contributed by atoms with E-state index in [1.807, 2.05) is 13.1 Å². The van der Waals surface area contributed by atoms with Gasteiger partial charge in [0.15, 0.2) is 0 Å². The van der Waals surface area contributed by atoms with Crippen molar-refractivity contribution in [1.29, 1.82) is 0 Å². The second kappa shape index (κ2) is 6.02. The lowest BCUT2D eigenvalue weighted by Gasteiger charge is -2.27. The van der Waals surface area contributed by atoms with Gasteiger partial charge in [0.2, 0.25) is 0 Å². The van der Waals surface area contributed by atoms with E-state index in [9.17, 15) is 0 Å². The molecule has 0 aliphatic carbocycles. The highest BCUT2D eigenvalue weighted by atomic mass is 15.2. The first-order chi connectivity index (χ1) is 9.17. The zero-order chi connectivity index (χ0) is 13.8. The molecule has 0 bridgehead atoms. The molecule has 0 aliphatic rings. The number of rotatable bonds is 5. The van der Waals surface area contributed by atoms with Crippen molar-refractivity contribution >= 4 is 16.7 Å². The van der Waals surface area contributed by atoms with Gasteiger partial charge in [-0.3, -0.25) is 0 Å². The predicted molar refractivity (Wildman–Crippen MR) is 82.7 cm³/mol. The summed E-state index contributed by atoms with van der Waals surface area (Å²) >= 11 is 0. The van der Waals surface area contributed by atoms with Crippen LogP contribution >= 0.6 is 0 Å². The molecule has 0 saturated carbocycles. The van der Waals surface area contributed by atoms with Crippen LogP contribution in [0, 0.1) is 0 Å². The van der Waals surface area contributed by atoms with Crippen LogP contribution in [-0.2, 0) is 6.54 Å². The molecule has 1 aromatic heterocycles. The van der Waals surface area contributed by atoms with Crippen LogP contribution in [0.4, 0.5) is 5.82 Å². The van der Waals surface area contributed by atoms with E-state index in [1.54, 1.807) is 0 Å². The van der Waals surface area contributed by atoms with Crippen LogP contribution in [0.25, 0.3) is 10.9 Å². The van der Waals surface area contributed by atoms with Crippen molar-refractivity contribution in [1.82, 2.24) is 10.3 Å². The van der Waals surface area contributed by atoms with Crippen molar-refractivity contribution in [3.63, 3.8) is 0 Å². The van der Waals surface area contributed by atoms with Gasteiger partial charge >= 0.3 is 0 Å². The summed E-state index contributed by atoms with van der Waals surface area (Å²) in [5.41, 5.74) is 2.38. The minimum absolute atomic E-state index is 0.459. The normalized spacial score (nSPS) is 11.2. The first kappa shape index (κ1) is 13.8. The van der Waals surface area contributed by atoms with Gasteiger partial charge in [0, 0.05) is 24.5 Å².